The molecule has 1 heterocycles. The number of aromatic nitrogens is 3. The van der Waals surface area contributed by atoms with Gasteiger partial charge in [0.05, 0.1) is 6.20 Å². The van der Waals surface area contributed by atoms with Crippen molar-refractivity contribution in [3.05, 3.63) is 12.4 Å². The van der Waals surface area contributed by atoms with Gasteiger partial charge in [-0.05, 0) is 32.4 Å². The third kappa shape index (κ3) is 6.19. The van der Waals surface area contributed by atoms with E-state index in [2.05, 4.69) is 15.6 Å². The fourth-order valence-electron chi connectivity index (χ4n) is 1.34. The highest BCUT2D eigenvalue weighted by Crippen LogP contribution is 1.88. The summed E-state index contributed by atoms with van der Waals surface area (Å²) in [6.07, 6.45) is 6.99. The van der Waals surface area contributed by atoms with Crippen molar-refractivity contribution < 1.29 is 4.74 Å². The van der Waals surface area contributed by atoms with Crippen LogP contribution in [0.5, 0.6) is 0 Å². The molecule has 0 unspecified atom stereocenters. The van der Waals surface area contributed by atoms with E-state index >= 15 is 0 Å². The van der Waals surface area contributed by atoms with Gasteiger partial charge >= 0.3 is 0 Å². The highest BCUT2D eigenvalue weighted by atomic mass is 16.5. The third-order valence-corrected chi connectivity index (χ3v) is 2.16. The summed E-state index contributed by atoms with van der Waals surface area (Å²) in [5, 5.41) is 11.0. The number of hydrogen-bond donors (Lipinski definition) is 1. The smallest absolute Gasteiger partial charge is 0.0692 e. The quantitative estimate of drug-likeness (QED) is 0.612. The summed E-state index contributed by atoms with van der Waals surface area (Å²) in [5.74, 6) is 0. The summed E-state index contributed by atoms with van der Waals surface area (Å²) in [7, 11) is 1.74. The molecule has 0 aliphatic rings. The van der Waals surface area contributed by atoms with Gasteiger partial charge in [-0.15, -0.1) is 5.10 Å². The molecule has 0 aliphatic heterocycles. The number of nitrogens with zero attached hydrogens (tertiary/aromatic N) is 3. The number of unbranched alkanes of at least 4 members (excludes halogenated alkanes) is 1. The van der Waals surface area contributed by atoms with Crippen LogP contribution in [0.3, 0.4) is 0 Å². The molecule has 1 aromatic rings. The van der Waals surface area contributed by atoms with Gasteiger partial charge in [0, 0.05) is 26.5 Å². The summed E-state index contributed by atoms with van der Waals surface area (Å²) in [5.41, 5.74) is 0. The van der Waals surface area contributed by atoms with Crippen LogP contribution in [0.15, 0.2) is 12.4 Å². The van der Waals surface area contributed by atoms with Gasteiger partial charge in [-0.25, -0.2) is 0 Å². The van der Waals surface area contributed by atoms with Gasteiger partial charge in [0.1, 0.15) is 0 Å². The summed E-state index contributed by atoms with van der Waals surface area (Å²) in [4.78, 5) is 0. The van der Waals surface area contributed by atoms with Crippen molar-refractivity contribution in [2.24, 2.45) is 0 Å². The first-order chi connectivity index (χ1) is 7.43. The van der Waals surface area contributed by atoms with Gasteiger partial charge in [-0.1, -0.05) is 5.21 Å². The van der Waals surface area contributed by atoms with E-state index in [0.29, 0.717) is 0 Å². The second-order valence-corrected chi connectivity index (χ2v) is 3.47. The van der Waals surface area contributed by atoms with E-state index in [0.717, 1.165) is 39.1 Å². The second kappa shape index (κ2) is 8.38. The molecule has 0 atom stereocenters. The molecule has 0 spiro atoms. The Hall–Kier alpha value is -0.940. The molecule has 0 aromatic carbocycles. The lowest BCUT2D eigenvalue weighted by Gasteiger charge is -2.04. The highest BCUT2D eigenvalue weighted by molar-refractivity contribution is 4.63. The predicted octanol–water partition coefficient (Wildman–Crippen LogP) is 0.684. The van der Waals surface area contributed by atoms with E-state index < -0.39 is 0 Å². The van der Waals surface area contributed by atoms with Crippen molar-refractivity contribution in [3.8, 4) is 0 Å². The first-order valence-corrected chi connectivity index (χ1v) is 5.47. The van der Waals surface area contributed by atoms with Crippen LogP contribution in [0.1, 0.15) is 19.3 Å². The molecule has 0 saturated heterocycles. The van der Waals surface area contributed by atoms with E-state index in [4.69, 9.17) is 4.74 Å². The zero-order valence-corrected chi connectivity index (χ0v) is 9.35. The van der Waals surface area contributed by atoms with Crippen molar-refractivity contribution in [1.82, 2.24) is 20.3 Å². The normalized spacial score (nSPS) is 10.7. The Kier molecular flexibility index (Phi) is 6.77. The van der Waals surface area contributed by atoms with Crippen LogP contribution >= 0.6 is 0 Å². The molecule has 0 fully saturated rings. The number of ether oxygens (including phenoxy) is 1. The number of rotatable bonds is 9. The van der Waals surface area contributed by atoms with Crippen LogP contribution in [0, 0.1) is 0 Å². The van der Waals surface area contributed by atoms with Gasteiger partial charge in [-0.2, -0.15) is 0 Å². The SMILES string of the molecule is COCCCCNCCCn1ccnn1. The minimum atomic E-state index is 0.862. The molecular weight excluding hydrogens is 192 g/mol. The summed E-state index contributed by atoms with van der Waals surface area (Å²) in [6.45, 7) is 3.90. The van der Waals surface area contributed by atoms with Crippen LogP contribution in [-0.4, -0.2) is 41.8 Å². The van der Waals surface area contributed by atoms with E-state index in [9.17, 15) is 0 Å². The molecule has 1 aromatic heterocycles. The minimum Gasteiger partial charge on any atom is -0.385 e. The molecule has 0 bridgehead atoms. The molecule has 86 valence electrons. The average molecular weight is 212 g/mol. The monoisotopic (exact) mass is 212 g/mol. The second-order valence-electron chi connectivity index (χ2n) is 3.47. The number of nitrogens with one attached hydrogen (secondary N) is 1. The Morgan fingerprint density at radius 3 is 2.87 bits per heavy atom. The lowest BCUT2D eigenvalue weighted by atomic mass is 10.3. The highest BCUT2D eigenvalue weighted by Gasteiger charge is 1.92. The topological polar surface area (TPSA) is 52.0 Å². The van der Waals surface area contributed by atoms with Crippen LogP contribution < -0.4 is 5.32 Å². The Labute approximate surface area is 90.8 Å². The Bertz CT molecular complexity index is 225. The number of aryl methyl sites for hydroxylation is 1. The van der Waals surface area contributed by atoms with Crippen LogP contribution in [0.2, 0.25) is 0 Å². The molecule has 5 heteroatoms. The van der Waals surface area contributed by atoms with Crippen molar-refractivity contribution in [2.75, 3.05) is 26.8 Å². The lowest BCUT2D eigenvalue weighted by molar-refractivity contribution is 0.192. The van der Waals surface area contributed by atoms with Crippen molar-refractivity contribution in [1.29, 1.82) is 0 Å². The zero-order chi connectivity index (χ0) is 10.8. The zero-order valence-electron chi connectivity index (χ0n) is 9.35. The maximum absolute atomic E-state index is 4.97. The first kappa shape index (κ1) is 12.1. The fraction of sp³-hybridized carbons (Fsp3) is 0.800. The van der Waals surface area contributed by atoms with Gasteiger partial charge in [0.25, 0.3) is 0 Å². The summed E-state index contributed by atoms with van der Waals surface area (Å²) in [6, 6.07) is 0. The van der Waals surface area contributed by atoms with Crippen LogP contribution in [0.25, 0.3) is 0 Å². The first-order valence-electron chi connectivity index (χ1n) is 5.47. The third-order valence-electron chi connectivity index (χ3n) is 2.16. The van der Waals surface area contributed by atoms with Crippen molar-refractivity contribution in [3.63, 3.8) is 0 Å². The Morgan fingerprint density at radius 2 is 2.13 bits per heavy atom. The Balaban J connectivity index is 1.81. The standard InChI is InChI=1S/C10H20N4O/c1-15-10-3-2-5-11-6-4-8-14-9-7-12-13-14/h7,9,11H,2-6,8,10H2,1H3. The average Bonchev–Trinajstić information content (AvgIpc) is 2.75. The molecule has 0 aliphatic carbocycles. The van der Waals surface area contributed by atoms with Crippen LogP contribution in [-0.2, 0) is 11.3 Å². The van der Waals surface area contributed by atoms with Gasteiger partial charge < -0.3 is 10.1 Å². The molecule has 15 heavy (non-hydrogen) atoms. The molecular formula is C10H20N4O. The van der Waals surface area contributed by atoms with Gasteiger partial charge in [-0.3, -0.25) is 4.68 Å². The van der Waals surface area contributed by atoms with Gasteiger partial charge in [0.2, 0.25) is 0 Å². The number of hydrogen-bond acceptors (Lipinski definition) is 4. The van der Waals surface area contributed by atoms with Crippen molar-refractivity contribution >= 4 is 0 Å². The lowest BCUT2D eigenvalue weighted by Crippen LogP contribution is -2.18. The Morgan fingerprint density at radius 1 is 1.27 bits per heavy atom. The predicted molar refractivity (Wildman–Crippen MR) is 58.6 cm³/mol. The molecule has 1 N–H and O–H groups in total. The van der Waals surface area contributed by atoms with Crippen molar-refractivity contribution in [2.45, 2.75) is 25.8 Å². The fourth-order valence-corrected chi connectivity index (χ4v) is 1.34. The largest absolute Gasteiger partial charge is 0.385 e. The number of methoxy groups -OCH3 is 1. The van der Waals surface area contributed by atoms with Crippen LogP contribution in [0.4, 0.5) is 0 Å². The molecule has 1 rings (SSSR count). The van der Waals surface area contributed by atoms with E-state index in [-0.39, 0.29) is 0 Å². The summed E-state index contributed by atoms with van der Waals surface area (Å²) < 4.78 is 6.83. The van der Waals surface area contributed by atoms with E-state index in [1.165, 1.54) is 6.42 Å². The van der Waals surface area contributed by atoms with Gasteiger partial charge in [0.15, 0.2) is 0 Å². The maximum Gasteiger partial charge on any atom is 0.0692 e. The molecule has 0 saturated carbocycles. The molecule has 5 nitrogen and oxygen atoms in total. The summed E-state index contributed by atoms with van der Waals surface area (Å²) >= 11 is 0. The molecule has 0 amide bonds. The maximum atomic E-state index is 4.97. The van der Waals surface area contributed by atoms with E-state index in [1.807, 2.05) is 10.9 Å². The molecule has 0 radical (unpaired) electrons. The van der Waals surface area contributed by atoms with E-state index in [1.54, 1.807) is 13.3 Å². The minimum absolute atomic E-state index is 0.862.